The Morgan fingerprint density at radius 1 is 1.21 bits per heavy atom. The summed E-state index contributed by atoms with van der Waals surface area (Å²) in [4.78, 5) is 17.9. The molecule has 3 unspecified atom stereocenters. The molecule has 1 amide bonds. The second kappa shape index (κ2) is 6.65. The average molecular weight is 322 g/mol. The molecular formula is C20H22N2O2. The lowest BCUT2D eigenvalue weighted by Gasteiger charge is -2.32. The summed E-state index contributed by atoms with van der Waals surface area (Å²) in [7, 11) is 0. The van der Waals surface area contributed by atoms with E-state index in [9.17, 15) is 4.79 Å². The first-order valence-electron chi connectivity index (χ1n) is 8.57. The first-order valence-corrected chi connectivity index (χ1v) is 8.57. The lowest BCUT2D eigenvalue weighted by atomic mass is 9.84. The van der Waals surface area contributed by atoms with Gasteiger partial charge in [-0.2, -0.15) is 0 Å². The van der Waals surface area contributed by atoms with Crippen molar-refractivity contribution in [2.24, 2.45) is 5.92 Å². The normalized spacial score (nSPS) is 26.7. The molecule has 0 bridgehead atoms. The highest BCUT2D eigenvalue weighted by atomic mass is 16.5. The maximum atomic E-state index is 12.8. The quantitative estimate of drug-likeness (QED) is 0.883. The summed E-state index contributed by atoms with van der Waals surface area (Å²) in [5.41, 5.74) is 2.26. The second-order valence-electron chi connectivity index (χ2n) is 6.56. The van der Waals surface area contributed by atoms with Gasteiger partial charge in [-0.3, -0.25) is 4.79 Å². The molecule has 2 aliphatic heterocycles. The van der Waals surface area contributed by atoms with E-state index >= 15 is 0 Å². The Hall–Kier alpha value is -2.33. The van der Waals surface area contributed by atoms with Gasteiger partial charge in [-0.05, 0) is 30.2 Å². The van der Waals surface area contributed by atoms with E-state index < -0.39 is 0 Å². The first kappa shape index (κ1) is 15.2. The second-order valence-corrected chi connectivity index (χ2v) is 6.56. The number of H-pyrrole nitrogens is 1. The molecule has 0 aliphatic carbocycles. The number of hydrogen-bond donors (Lipinski definition) is 1. The van der Waals surface area contributed by atoms with Crippen molar-refractivity contribution >= 4 is 12.0 Å². The Bertz CT molecular complexity index is 709. The van der Waals surface area contributed by atoms with Crippen LogP contribution in [0.2, 0.25) is 0 Å². The number of nitrogens with zero attached hydrogens (tertiary/aromatic N) is 1. The van der Waals surface area contributed by atoms with Gasteiger partial charge in [0, 0.05) is 49.0 Å². The summed E-state index contributed by atoms with van der Waals surface area (Å²) in [6.45, 7) is 2.26. The molecule has 124 valence electrons. The molecule has 4 nitrogen and oxygen atoms in total. The topological polar surface area (TPSA) is 45.3 Å². The Morgan fingerprint density at radius 2 is 2.08 bits per heavy atom. The predicted molar refractivity (Wildman–Crippen MR) is 93.4 cm³/mol. The van der Waals surface area contributed by atoms with Crippen LogP contribution in [0.15, 0.2) is 54.7 Å². The van der Waals surface area contributed by atoms with Gasteiger partial charge >= 0.3 is 0 Å². The van der Waals surface area contributed by atoms with Crippen molar-refractivity contribution in [3.05, 3.63) is 66.0 Å². The zero-order chi connectivity index (χ0) is 16.4. The largest absolute Gasteiger partial charge is 0.381 e. The van der Waals surface area contributed by atoms with Crippen LogP contribution in [0, 0.1) is 5.92 Å². The molecule has 2 aromatic rings. The molecule has 1 N–H and O–H groups in total. The number of likely N-dealkylation sites (tertiary alicyclic amines) is 1. The van der Waals surface area contributed by atoms with E-state index in [2.05, 4.69) is 29.2 Å². The Labute approximate surface area is 142 Å². The van der Waals surface area contributed by atoms with Crippen LogP contribution in [-0.4, -0.2) is 41.6 Å². The summed E-state index contributed by atoms with van der Waals surface area (Å²) >= 11 is 0. The minimum Gasteiger partial charge on any atom is -0.381 e. The van der Waals surface area contributed by atoms with Crippen LogP contribution in [0.25, 0.3) is 6.08 Å². The first-order chi connectivity index (χ1) is 11.8. The van der Waals surface area contributed by atoms with Gasteiger partial charge in [0.25, 0.3) is 0 Å². The van der Waals surface area contributed by atoms with Crippen molar-refractivity contribution in [1.29, 1.82) is 0 Å². The number of aromatic amines is 1. The molecule has 4 heteroatoms. The molecule has 2 saturated heterocycles. The fourth-order valence-corrected chi connectivity index (χ4v) is 4.01. The van der Waals surface area contributed by atoms with Crippen LogP contribution < -0.4 is 0 Å². The molecule has 1 aromatic heterocycles. The standard InChI is InChI=1S/C20H22N2O2/c23-20(9-8-16-7-4-11-21-16)22-13-17(15-5-2-1-3-6-15)18-14-24-12-10-19(18)22/h1-9,11,17-19,21H,10,12-14H2. The summed E-state index contributed by atoms with van der Waals surface area (Å²) in [6, 6.07) is 14.7. The third-order valence-electron chi connectivity index (χ3n) is 5.21. The lowest BCUT2D eigenvalue weighted by molar-refractivity contribution is -0.128. The van der Waals surface area contributed by atoms with E-state index in [4.69, 9.17) is 4.74 Å². The number of fused-ring (bicyclic) bond motifs is 1. The monoisotopic (exact) mass is 322 g/mol. The van der Waals surface area contributed by atoms with Gasteiger partial charge in [-0.15, -0.1) is 0 Å². The van der Waals surface area contributed by atoms with E-state index in [0.29, 0.717) is 11.8 Å². The van der Waals surface area contributed by atoms with Crippen LogP contribution in [0.1, 0.15) is 23.6 Å². The maximum absolute atomic E-state index is 12.8. The van der Waals surface area contributed by atoms with E-state index in [1.165, 1.54) is 5.56 Å². The van der Waals surface area contributed by atoms with Crippen LogP contribution in [-0.2, 0) is 9.53 Å². The Kier molecular flexibility index (Phi) is 4.22. The van der Waals surface area contributed by atoms with Crippen molar-refractivity contribution in [3.63, 3.8) is 0 Å². The lowest BCUT2D eigenvalue weighted by Crippen LogP contribution is -2.41. The van der Waals surface area contributed by atoms with Crippen LogP contribution >= 0.6 is 0 Å². The van der Waals surface area contributed by atoms with Gasteiger partial charge < -0.3 is 14.6 Å². The molecule has 1 aromatic carbocycles. The van der Waals surface area contributed by atoms with Crippen molar-refractivity contribution in [2.75, 3.05) is 19.8 Å². The number of ether oxygens (including phenoxy) is 1. The third-order valence-corrected chi connectivity index (χ3v) is 5.21. The Balaban J connectivity index is 1.55. The fourth-order valence-electron chi connectivity index (χ4n) is 4.01. The minimum absolute atomic E-state index is 0.0972. The third kappa shape index (κ3) is 2.89. The number of benzene rings is 1. The van der Waals surface area contributed by atoms with Gasteiger partial charge in [-0.25, -0.2) is 0 Å². The summed E-state index contributed by atoms with van der Waals surface area (Å²) in [5, 5.41) is 0. The Morgan fingerprint density at radius 3 is 2.88 bits per heavy atom. The van der Waals surface area contributed by atoms with Gasteiger partial charge in [-0.1, -0.05) is 30.3 Å². The highest BCUT2D eigenvalue weighted by Gasteiger charge is 2.45. The summed E-state index contributed by atoms with van der Waals surface area (Å²) in [6.07, 6.45) is 6.33. The number of amides is 1. The molecule has 2 aliphatic rings. The van der Waals surface area contributed by atoms with Gasteiger partial charge in [0.2, 0.25) is 5.91 Å². The van der Waals surface area contributed by atoms with Crippen LogP contribution in [0.5, 0.6) is 0 Å². The smallest absolute Gasteiger partial charge is 0.246 e. The number of aromatic nitrogens is 1. The highest BCUT2D eigenvalue weighted by Crippen LogP contribution is 2.40. The number of nitrogens with one attached hydrogen (secondary N) is 1. The highest BCUT2D eigenvalue weighted by molar-refractivity contribution is 5.92. The van der Waals surface area contributed by atoms with Crippen LogP contribution in [0.3, 0.4) is 0 Å². The van der Waals surface area contributed by atoms with Crippen molar-refractivity contribution in [1.82, 2.24) is 9.88 Å². The van der Waals surface area contributed by atoms with Crippen molar-refractivity contribution in [2.45, 2.75) is 18.4 Å². The zero-order valence-electron chi connectivity index (χ0n) is 13.6. The molecule has 3 heterocycles. The van der Waals surface area contributed by atoms with Gasteiger partial charge in [0.1, 0.15) is 0 Å². The molecular weight excluding hydrogens is 300 g/mol. The number of carbonyl (C=O) groups excluding carboxylic acids is 1. The molecule has 4 rings (SSSR count). The van der Waals surface area contributed by atoms with Gasteiger partial charge in [0.05, 0.1) is 6.61 Å². The number of hydrogen-bond acceptors (Lipinski definition) is 2. The van der Waals surface area contributed by atoms with E-state index in [-0.39, 0.29) is 11.9 Å². The minimum atomic E-state index is 0.0972. The predicted octanol–water partition coefficient (Wildman–Crippen LogP) is 3.06. The molecule has 2 fully saturated rings. The molecule has 0 spiro atoms. The molecule has 3 atom stereocenters. The average Bonchev–Trinajstić information content (AvgIpc) is 3.28. The molecule has 0 saturated carbocycles. The van der Waals surface area contributed by atoms with E-state index in [1.54, 1.807) is 6.08 Å². The fraction of sp³-hybridized carbons (Fsp3) is 0.350. The van der Waals surface area contributed by atoms with E-state index in [1.807, 2.05) is 35.4 Å². The molecule has 24 heavy (non-hydrogen) atoms. The van der Waals surface area contributed by atoms with Gasteiger partial charge in [0.15, 0.2) is 0 Å². The maximum Gasteiger partial charge on any atom is 0.246 e. The van der Waals surface area contributed by atoms with E-state index in [0.717, 1.165) is 31.9 Å². The SMILES string of the molecule is O=C(C=Cc1ccc[nH]1)N1CC(c2ccccc2)C2COCCC21. The van der Waals surface area contributed by atoms with Crippen molar-refractivity contribution < 1.29 is 9.53 Å². The van der Waals surface area contributed by atoms with Crippen molar-refractivity contribution in [3.8, 4) is 0 Å². The molecule has 0 radical (unpaired) electrons. The zero-order valence-corrected chi connectivity index (χ0v) is 13.6. The summed E-state index contributed by atoms with van der Waals surface area (Å²) in [5.74, 6) is 0.850. The summed E-state index contributed by atoms with van der Waals surface area (Å²) < 4.78 is 5.72. The number of carbonyl (C=O) groups is 1. The number of rotatable bonds is 3. The van der Waals surface area contributed by atoms with Crippen LogP contribution in [0.4, 0.5) is 0 Å².